The Morgan fingerprint density at radius 2 is 1.90 bits per heavy atom. The fraction of sp³-hybridized carbons (Fsp3) is 0. The van der Waals surface area contributed by atoms with Crippen LogP contribution in [0.15, 0.2) is 61.1 Å². The summed E-state index contributed by atoms with van der Waals surface area (Å²) in [5.41, 5.74) is 2.69. The average molecular weight is 299 g/mol. The number of benzene rings is 2. The Bertz CT molecular complexity index is 797. The van der Waals surface area contributed by atoms with Crippen LogP contribution in [-0.4, -0.2) is 20.6 Å². The van der Waals surface area contributed by atoms with Gasteiger partial charge in [-0.1, -0.05) is 41.9 Å². The predicted molar refractivity (Wildman–Crippen MR) is 81.0 cm³/mol. The molecule has 0 aliphatic heterocycles. The van der Waals surface area contributed by atoms with E-state index in [0.29, 0.717) is 10.7 Å². The highest BCUT2D eigenvalue weighted by molar-refractivity contribution is 6.32. The molecule has 4 nitrogen and oxygen atoms in total. The van der Waals surface area contributed by atoms with Crippen LogP contribution in [0.2, 0.25) is 5.02 Å². The molecule has 0 amide bonds. The van der Waals surface area contributed by atoms with Gasteiger partial charge in [-0.05, 0) is 18.2 Å². The predicted octanol–water partition coefficient (Wildman–Crippen LogP) is 3.89. The van der Waals surface area contributed by atoms with E-state index in [1.165, 1.54) is 12.1 Å². The zero-order valence-electron chi connectivity index (χ0n) is 10.9. The third-order valence-corrected chi connectivity index (χ3v) is 3.43. The molecular formula is C16H11ClN2O2. The van der Waals surface area contributed by atoms with Crippen molar-refractivity contribution in [2.45, 2.75) is 0 Å². The molecule has 2 aromatic carbocycles. The Balaban J connectivity index is 1.99. The fourth-order valence-electron chi connectivity index (χ4n) is 2.06. The lowest BCUT2D eigenvalue weighted by Crippen LogP contribution is -1.98. The highest BCUT2D eigenvalue weighted by Crippen LogP contribution is 2.24. The number of hydrogen-bond acceptors (Lipinski definition) is 2. The molecule has 1 aromatic heterocycles. The molecule has 0 bridgehead atoms. The van der Waals surface area contributed by atoms with Crippen LogP contribution in [0.5, 0.6) is 0 Å². The summed E-state index contributed by atoms with van der Waals surface area (Å²) in [6.07, 6.45) is 3.51. The lowest BCUT2D eigenvalue weighted by molar-refractivity contribution is 0.0697. The minimum atomic E-state index is -1.00. The van der Waals surface area contributed by atoms with E-state index in [4.69, 9.17) is 16.7 Å². The van der Waals surface area contributed by atoms with E-state index in [1.54, 1.807) is 17.0 Å². The SMILES string of the molecule is O=C(O)c1ccc(-n2cnc(-c3ccccc3)c2)c(Cl)c1. The molecule has 0 aliphatic carbocycles. The first-order valence-corrected chi connectivity index (χ1v) is 6.65. The molecule has 5 heteroatoms. The smallest absolute Gasteiger partial charge is 0.335 e. The Hall–Kier alpha value is -2.59. The van der Waals surface area contributed by atoms with Gasteiger partial charge >= 0.3 is 5.97 Å². The molecule has 0 radical (unpaired) electrons. The van der Waals surface area contributed by atoms with Crippen molar-refractivity contribution in [3.63, 3.8) is 0 Å². The highest BCUT2D eigenvalue weighted by Gasteiger charge is 2.09. The summed E-state index contributed by atoms with van der Waals surface area (Å²) >= 11 is 6.15. The van der Waals surface area contributed by atoms with Crippen LogP contribution < -0.4 is 0 Å². The Labute approximate surface area is 126 Å². The summed E-state index contributed by atoms with van der Waals surface area (Å²) in [7, 11) is 0. The number of nitrogens with zero attached hydrogens (tertiary/aromatic N) is 2. The molecule has 104 valence electrons. The molecule has 0 saturated heterocycles. The second kappa shape index (κ2) is 5.42. The van der Waals surface area contributed by atoms with Gasteiger partial charge in [-0.2, -0.15) is 0 Å². The van der Waals surface area contributed by atoms with Crippen molar-refractivity contribution in [2.24, 2.45) is 0 Å². The van der Waals surface area contributed by atoms with Crippen LogP contribution in [0.25, 0.3) is 16.9 Å². The van der Waals surface area contributed by atoms with Gasteiger partial charge in [0.05, 0.1) is 28.3 Å². The third kappa shape index (κ3) is 2.66. The zero-order valence-corrected chi connectivity index (χ0v) is 11.7. The van der Waals surface area contributed by atoms with E-state index in [0.717, 1.165) is 11.3 Å². The van der Waals surface area contributed by atoms with Crippen LogP contribution in [0.4, 0.5) is 0 Å². The van der Waals surface area contributed by atoms with Gasteiger partial charge in [0.1, 0.15) is 0 Å². The van der Waals surface area contributed by atoms with E-state index in [1.807, 2.05) is 36.5 Å². The van der Waals surface area contributed by atoms with E-state index in [9.17, 15) is 4.79 Å². The number of hydrogen-bond donors (Lipinski definition) is 1. The molecule has 0 spiro atoms. The van der Waals surface area contributed by atoms with Crippen LogP contribution in [-0.2, 0) is 0 Å². The molecule has 0 fully saturated rings. The minimum Gasteiger partial charge on any atom is -0.478 e. The molecule has 3 aromatic rings. The Morgan fingerprint density at radius 3 is 2.57 bits per heavy atom. The van der Waals surface area contributed by atoms with E-state index >= 15 is 0 Å². The lowest BCUT2D eigenvalue weighted by atomic mass is 10.2. The van der Waals surface area contributed by atoms with Crippen molar-refractivity contribution in [3.05, 3.63) is 71.6 Å². The summed E-state index contributed by atoms with van der Waals surface area (Å²) in [5.74, 6) is -1.00. The van der Waals surface area contributed by atoms with Gasteiger partial charge in [0.15, 0.2) is 0 Å². The average Bonchev–Trinajstić information content (AvgIpc) is 2.97. The molecule has 0 saturated carbocycles. The molecule has 0 unspecified atom stereocenters. The van der Waals surface area contributed by atoms with Gasteiger partial charge in [0.25, 0.3) is 0 Å². The second-order valence-corrected chi connectivity index (χ2v) is 4.91. The van der Waals surface area contributed by atoms with E-state index < -0.39 is 5.97 Å². The van der Waals surface area contributed by atoms with Gasteiger partial charge in [-0.25, -0.2) is 9.78 Å². The number of aromatic carboxylic acids is 1. The monoisotopic (exact) mass is 298 g/mol. The standard InChI is InChI=1S/C16H11ClN2O2/c17-13-8-12(16(20)21)6-7-15(13)19-9-14(18-10-19)11-4-2-1-3-5-11/h1-10H,(H,20,21). The molecule has 1 N–H and O–H groups in total. The number of carboxylic acids is 1. The van der Waals surface area contributed by atoms with Crippen molar-refractivity contribution in [1.82, 2.24) is 9.55 Å². The van der Waals surface area contributed by atoms with Crippen molar-refractivity contribution in [1.29, 1.82) is 0 Å². The van der Waals surface area contributed by atoms with Crippen molar-refractivity contribution in [2.75, 3.05) is 0 Å². The highest BCUT2D eigenvalue weighted by atomic mass is 35.5. The number of aromatic nitrogens is 2. The summed E-state index contributed by atoms with van der Waals surface area (Å²) in [6, 6.07) is 14.4. The lowest BCUT2D eigenvalue weighted by Gasteiger charge is -2.05. The maximum atomic E-state index is 10.9. The summed E-state index contributed by atoms with van der Waals surface area (Å²) in [4.78, 5) is 15.3. The van der Waals surface area contributed by atoms with Gasteiger partial charge in [-0.15, -0.1) is 0 Å². The first-order valence-electron chi connectivity index (χ1n) is 6.28. The Morgan fingerprint density at radius 1 is 1.14 bits per heavy atom. The van der Waals surface area contributed by atoms with Gasteiger partial charge < -0.3 is 9.67 Å². The quantitative estimate of drug-likeness (QED) is 0.798. The molecule has 3 rings (SSSR count). The van der Waals surface area contributed by atoms with Crippen LogP contribution in [0.1, 0.15) is 10.4 Å². The normalized spacial score (nSPS) is 10.5. The minimum absolute atomic E-state index is 0.159. The van der Waals surface area contributed by atoms with Crippen LogP contribution in [0.3, 0.4) is 0 Å². The van der Waals surface area contributed by atoms with Gasteiger partial charge in [0.2, 0.25) is 0 Å². The van der Waals surface area contributed by atoms with Crippen molar-refractivity contribution < 1.29 is 9.90 Å². The van der Waals surface area contributed by atoms with E-state index in [2.05, 4.69) is 4.98 Å². The summed E-state index contributed by atoms with van der Waals surface area (Å²) in [6.45, 7) is 0. The first kappa shape index (κ1) is 13.4. The van der Waals surface area contributed by atoms with Crippen LogP contribution in [0, 0.1) is 0 Å². The third-order valence-electron chi connectivity index (χ3n) is 3.12. The number of carboxylic acid groups (broad SMARTS) is 1. The first-order chi connectivity index (χ1) is 10.1. The largest absolute Gasteiger partial charge is 0.478 e. The fourth-order valence-corrected chi connectivity index (χ4v) is 2.34. The number of imidazole rings is 1. The maximum absolute atomic E-state index is 10.9. The van der Waals surface area contributed by atoms with E-state index in [-0.39, 0.29) is 5.56 Å². The Kier molecular flexibility index (Phi) is 3.46. The zero-order chi connectivity index (χ0) is 14.8. The van der Waals surface area contributed by atoms with Gasteiger partial charge in [-0.3, -0.25) is 0 Å². The topological polar surface area (TPSA) is 55.1 Å². The van der Waals surface area contributed by atoms with Gasteiger partial charge in [0, 0.05) is 11.8 Å². The molecule has 0 aliphatic rings. The molecule has 0 atom stereocenters. The van der Waals surface area contributed by atoms with Crippen molar-refractivity contribution in [3.8, 4) is 16.9 Å². The molecule has 1 heterocycles. The maximum Gasteiger partial charge on any atom is 0.335 e. The number of carbonyl (C=O) groups is 1. The second-order valence-electron chi connectivity index (χ2n) is 4.50. The van der Waals surface area contributed by atoms with Crippen LogP contribution >= 0.6 is 11.6 Å². The number of rotatable bonds is 3. The molecule has 21 heavy (non-hydrogen) atoms. The summed E-state index contributed by atoms with van der Waals surface area (Å²) in [5, 5.41) is 9.31. The molecular weight excluding hydrogens is 288 g/mol. The number of halogens is 1. The summed E-state index contributed by atoms with van der Waals surface area (Å²) < 4.78 is 1.77. The van der Waals surface area contributed by atoms with Crippen molar-refractivity contribution >= 4 is 17.6 Å².